The summed E-state index contributed by atoms with van der Waals surface area (Å²) in [5.74, 6) is -0.413. The largest absolute Gasteiger partial charge is 0.756 e. The molecule has 0 saturated heterocycles. The monoisotopic (exact) mass is 784 g/mol. The highest BCUT2D eigenvalue weighted by Gasteiger charge is 2.20. The van der Waals surface area contributed by atoms with E-state index < -0.39 is 26.0 Å². The summed E-state index contributed by atoms with van der Waals surface area (Å²) in [5.41, 5.74) is 0. The first-order chi connectivity index (χ1) is 26.0. The highest BCUT2D eigenvalue weighted by atomic mass is 31.2. The lowest BCUT2D eigenvalue weighted by molar-refractivity contribution is -0.870. The Morgan fingerprint density at radius 2 is 1.31 bits per heavy atom. The normalized spacial score (nSPS) is 14.8. The number of rotatable bonds is 39. The molecule has 0 amide bonds. The Hall–Kier alpha value is -1.74. The number of aliphatic hydroxyl groups excluding tert-OH is 1. The second-order valence-electron chi connectivity index (χ2n) is 15.6. The summed E-state index contributed by atoms with van der Waals surface area (Å²) in [6, 6.07) is 0. The molecule has 0 radical (unpaired) electrons. The van der Waals surface area contributed by atoms with Gasteiger partial charge in [0.25, 0.3) is 7.82 Å². The molecule has 0 aliphatic heterocycles. The molecule has 0 heterocycles. The third kappa shape index (κ3) is 39.9. The van der Waals surface area contributed by atoms with Crippen LogP contribution < -0.4 is 4.89 Å². The van der Waals surface area contributed by atoms with Gasteiger partial charge in [0.1, 0.15) is 19.8 Å². The smallest absolute Gasteiger partial charge is 0.306 e. The van der Waals surface area contributed by atoms with Crippen molar-refractivity contribution in [1.29, 1.82) is 0 Å². The molecule has 1 N–H and O–H groups in total. The van der Waals surface area contributed by atoms with Crippen LogP contribution in [0.15, 0.2) is 48.8 Å². The van der Waals surface area contributed by atoms with Crippen molar-refractivity contribution in [2.45, 2.75) is 180 Å². The van der Waals surface area contributed by atoms with Crippen LogP contribution >= 0.6 is 7.82 Å². The summed E-state index contributed by atoms with van der Waals surface area (Å²) in [6.45, 7) is 4.49. The summed E-state index contributed by atoms with van der Waals surface area (Å²) in [5, 5.41) is 10.1. The minimum Gasteiger partial charge on any atom is -0.756 e. The third-order valence-corrected chi connectivity index (χ3v) is 10.0. The SMILES string of the molecule is CC/C=C/C/C=C/C=C/C(O)CCCCCCCC(=O)O[C@H](CO/C=C/CCCCCCCCCCCCCCCC)COP(=O)([O-])OCC[N+](C)(C)C. The van der Waals surface area contributed by atoms with Crippen molar-refractivity contribution >= 4 is 13.8 Å². The van der Waals surface area contributed by atoms with Crippen LogP contribution in [-0.2, 0) is 27.9 Å². The van der Waals surface area contributed by atoms with Gasteiger partial charge in [-0.15, -0.1) is 0 Å². The minimum atomic E-state index is -4.56. The van der Waals surface area contributed by atoms with Gasteiger partial charge in [0.05, 0.1) is 40.1 Å². The Kier molecular flexibility index (Phi) is 35.7. The highest BCUT2D eigenvalue weighted by molar-refractivity contribution is 7.45. The van der Waals surface area contributed by atoms with Gasteiger partial charge in [0.2, 0.25) is 0 Å². The van der Waals surface area contributed by atoms with Gasteiger partial charge in [0.15, 0.2) is 6.10 Å². The van der Waals surface area contributed by atoms with Crippen molar-refractivity contribution in [1.82, 2.24) is 0 Å². The number of allylic oxidation sites excluding steroid dienone is 6. The Labute approximate surface area is 331 Å². The standard InChI is InChI=1S/C44H82NO8P/c1-6-8-10-12-14-15-16-17-18-19-20-21-22-24-29-33-38-50-40-43(41-52-54(48,49)51-39-37-45(3,4)5)53-44(47)36-32-28-25-27-31-35-42(46)34-30-26-23-13-11-9-7-2/h9,11,23,26,30,33-34,38,42-43,46H,6-8,10,12-22,24-25,27-29,31-32,35-37,39-41H2,1-5H3/b11-9+,26-23+,34-30+,38-33+/t42?,43-/m1/s1. The number of esters is 1. The Morgan fingerprint density at radius 3 is 1.93 bits per heavy atom. The van der Waals surface area contributed by atoms with Crippen molar-refractivity contribution in [3.05, 3.63) is 48.8 Å². The highest BCUT2D eigenvalue weighted by Crippen LogP contribution is 2.38. The number of nitrogens with zero attached hydrogens (tertiary/aromatic N) is 1. The summed E-state index contributed by atoms with van der Waals surface area (Å²) in [6.07, 6.45) is 40.9. The maximum Gasteiger partial charge on any atom is 0.306 e. The van der Waals surface area contributed by atoms with E-state index in [2.05, 4.69) is 32.1 Å². The van der Waals surface area contributed by atoms with E-state index in [9.17, 15) is 19.4 Å². The molecule has 0 aromatic rings. The fourth-order valence-corrected chi connectivity index (χ4v) is 6.42. The predicted octanol–water partition coefficient (Wildman–Crippen LogP) is 11.1. The molecule has 0 spiro atoms. The average molecular weight is 784 g/mol. The van der Waals surface area contributed by atoms with Crippen LogP contribution in [0.2, 0.25) is 0 Å². The first-order valence-corrected chi connectivity index (χ1v) is 23.0. The van der Waals surface area contributed by atoms with E-state index in [0.29, 0.717) is 23.9 Å². The average Bonchev–Trinajstić information content (AvgIpc) is 3.11. The topological polar surface area (TPSA) is 114 Å². The molecule has 0 aliphatic carbocycles. The lowest BCUT2D eigenvalue weighted by Crippen LogP contribution is -2.37. The molecule has 9 nitrogen and oxygen atoms in total. The number of aliphatic hydroxyl groups is 1. The van der Waals surface area contributed by atoms with Crippen LogP contribution in [0, 0.1) is 0 Å². The molecule has 316 valence electrons. The van der Waals surface area contributed by atoms with Gasteiger partial charge >= 0.3 is 5.97 Å². The molecule has 0 bridgehead atoms. The summed E-state index contributed by atoms with van der Waals surface area (Å²) in [4.78, 5) is 25.0. The van der Waals surface area contributed by atoms with Gasteiger partial charge in [-0.1, -0.05) is 159 Å². The van der Waals surface area contributed by atoms with Crippen molar-refractivity contribution in [3.63, 3.8) is 0 Å². The molecule has 0 fully saturated rings. The molecule has 0 rings (SSSR count). The van der Waals surface area contributed by atoms with Crippen LogP contribution in [0.3, 0.4) is 0 Å². The number of carbonyl (C=O) groups is 1. The van der Waals surface area contributed by atoms with Gasteiger partial charge in [-0.05, 0) is 44.6 Å². The molecule has 3 atom stereocenters. The van der Waals surface area contributed by atoms with Gasteiger partial charge in [0, 0.05) is 6.42 Å². The van der Waals surface area contributed by atoms with E-state index in [0.717, 1.165) is 51.4 Å². The van der Waals surface area contributed by atoms with Crippen molar-refractivity contribution in [2.75, 3.05) is 47.5 Å². The zero-order valence-electron chi connectivity index (χ0n) is 35.3. The predicted molar refractivity (Wildman–Crippen MR) is 223 cm³/mol. The van der Waals surface area contributed by atoms with E-state index in [4.69, 9.17) is 18.5 Å². The number of unbranched alkanes of at least 4 members (excludes halogenated alkanes) is 18. The Morgan fingerprint density at radius 1 is 0.722 bits per heavy atom. The van der Waals surface area contributed by atoms with Crippen molar-refractivity contribution in [2.24, 2.45) is 0 Å². The van der Waals surface area contributed by atoms with E-state index in [1.807, 2.05) is 45.4 Å². The number of hydrogen-bond acceptors (Lipinski definition) is 8. The molecular weight excluding hydrogens is 701 g/mol. The maximum absolute atomic E-state index is 12.6. The van der Waals surface area contributed by atoms with E-state index in [1.165, 1.54) is 83.5 Å². The summed E-state index contributed by atoms with van der Waals surface area (Å²) in [7, 11) is 1.26. The molecule has 10 heteroatoms. The first-order valence-electron chi connectivity index (χ1n) is 21.5. The molecule has 54 heavy (non-hydrogen) atoms. The first kappa shape index (κ1) is 52.3. The number of hydrogen-bond donors (Lipinski definition) is 1. The van der Waals surface area contributed by atoms with E-state index >= 15 is 0 Å². The molecule has 0 aromatic heterocycles. The van der Waals surface area contributed by atoms with E-state index in [1.54, 1.807) is 6.26 Å². The lowest BCUT2D eigenvalue weighted by Gasteiger charge is -2.28. The second kappa shape index (κ2) is 36.9. The fourth-order valence-electron chi connectivity index (χ4n) is 5.70. The third-order valence-electron chi connectivity index (χ3n) is 9.06. The zero-order chi connectivity index (χ0) is 40.0. The second-order valence-corrected chi connectivity index (χ2v) is 17.0. The molecular formula is C44H82NO8P. The molecule has 2 unspecified atom stereocenters. The Bertz CT molecular complexity index is 1020. The molecule has 0 aromatic carbocycles. The molecule has 0 aliphatic rings. The minimum absolute atomic E-state index is 0.00255. The van der Waals surface area contributed by atoms with Crippen molar-refractivity contribution in [3.8, 4) is 0 Å². The number of phosphoric acid groups is 1. The maximum atomic E-state index is 12.6. The van der Waals surface area contributed by atoms with Crippen LogP contribution in [0.5, 0.6) is 0 Å². The van der Waals surface area contributed by atoms with Gasteiger partial charge in [-0.25, -0.2) is 0 Å². The van der Waals surface area contributed by atoms with Gasteiger partial charge in [-0.3, -0.25) is 9.36 Å². The van der Waals surface area contributed by atoms with Crippen LogP contribution in [0.1, 0.15) is 168 Å². The zero-order valence-corrected chi connectivity index (χ0v) is 36.2. The quantitative estimate of drug-likeness (QED) is 0.0125. The van der Waals surface area contributed by atoms with Gasteiger partial charge < -0.3 is 33.0 Å². The van der Waals surface area contributed by atoms with E-state index in [-0.39, 0.29) is 26.2 Å². The Balaban J connectivity index is 4.39. The van der Waals surface area contributed by atoms with Crippen LogP contribution in [0.25, 0.3) is 0 Å². The summed E-state index contributed by atoms with van der Waals surface area (Å²) < 4.78 is 34.2. The van der Waals surface area contributed by atoms with Crippen LogP contribution in [-0.4, -0.2) is 75.3 Å². The number of carbonyl (C=O) groups excluding carboxylic acids is 1. The number of likely N-dealkylation sites (N-methyl/N-ethyl adjacent to an activating group) is 1. The lowest BCUT2D eigenvalue weighted by atomic mass is 10.0. The van der Waals surface area contributed by atoms with Gasteiger partial charge in [-0.2, -0.15) is 0 Å². The number of ether oxygens (including phenoxy) is 2. The van der Waals surface area contributed by atoms with Crippen molar-refractivity contribution < 1.29 is 42.4 Å². The number of phosphoric ester groups is 1. The molecule has 0 saturated carbocycles. The summed E-state index contributed by atoms with van der Waals surface area (Å²) >= 11 is 0. The fraction of sp³-hybridized carbons (Fsp3) is 0.795. The van der Waals surface area contributed by atoms with Crippen LogP contribution in [0.4, 0.5) is 0 Å². The number of quaternary nitrogens is 1.